The van der Waals surface area contributed by atoms with E-state index in [2.05, 4.69) is 24.4 Å². The molecule has 2 aliphatic rings. The van der Waals surface area contributed by atoms with Gasteiger partial charge in [0, 0.05) is 5.56 Å². The van der Waals surface area contributed by atoms with Crippen LogP contribution >= 0.6 is 0 Å². The highest BCUT2D eigenvalue weighted by Crippen LogP contribution is 2.35. The van der Waals surface area contributed by atoms with E-state index in [1.54, 1.807) is 20.4 Å². The molecule has 0 radical (unpaired) electrons. The molecule has 0 spiro atoms. The normalized spacial score (nSPS) is 16.5. The number of amidine groups is 1. The zero-order valence-corrected chi connectivity index (χ0v) is 16.4. The molecular weight excluding hydrogens is 358 g/mol. The average molecular weight is 381 g/mol. The molecule has 0 saturated carbocycles. The van der Waals surface area contributed by atoms with Gasteiger partial charge in [-0.25, -0.2) is 0 Å². The molecule has 7 heteroatoms. The van der Waals surface area contributed by atoms with Crippen LogP contribution < -0.4 is 24.4 Å². The topological polar surface area (TPSA) is 73.7 Å². The first-order valence-electron chi connectivity index (χ1n) is 9.03. The largest absolute Gasteiger partial charge is 0.493 e. The average Bonchev–Trinajstić information content (AvgIpc) is 3.14. The third-order valence-corrected chi connectivity index (χ3v) is 4.68. The number of methoxy groups -OCH3 is 2. The second-order valence-electron chi connectivity index (χ2n) is 7.30. The number of nitrogens with zero attached hydrogens (tertiary/aromatic N) is 2. The highest BCUT2D eigenvalue weighted by Gasteiger charge is 2.28. The number of aliphatic imine (C=N–C) groups is 1. The summed E-state index contributed by atoms with van der Waals surface area (Å²) < 4.78 is 21.6. The molecular formula is C21H23N3O4. The van der Waals surface area contributed by atoms with E-state index < -0.39 is 0 Å². The summed E-state index contributed by atoms with van der Waals surface area (Å²) in [5, 5.41) is 4.38. The Kier molecular flexibility index (Phi) is 4.58. The minimum Gasteiger partial charge on any atom is -0.493 e. The molecule has 0 unspecified atom stereocenters. The molecule has 0 bridgehead atoms. The molecule has 0 atom stereocenters. The van der Waals surface area contributed by atoms with Gasteiger partial charge in [0.1, 0.15) is 5.84 Å². The van der Waals surface area contributed by atoms with Crippen LogP contribution in [0.5, 0.6) is 23.0 Å². The summed E-state index contributed by atoms with van der Waals surface area (Å²) in [5.41, 5.74) is 5.84. The van der Waals surface area contributed by atoms with Crippen LogP contribution in [0.4, 0.5) is 0 Å². The molecule has 0 amide bonds. The van der Waals surface area contributed by atoms with Gasteiger partial charge >= 0.3 is 0 Å². The van der Waals surface area contributed by atoms with Crippen molar-refractivity contribution in [1.82, 2.24) is 5.43 Å². The van der Waals surface area contributed by atoms with E-state index in [0.29, 0.717) is 17.3 Å². The Labute approximate surface area is 164 Å². The molecule has 0 aliphatic carbocycles. The predicted molar refractivity (Wildman–Crippen MR) is 107 cm³/mol. The smallest absolute Gasteiger partial charge is 0.231 e. The van der Waals surface area contributed by atoms with Gasteiger partial charge in [-0.05, 0) is 61.7 Å². The van der Waals surface area contributed by atoms with Crippen LogP contribution in [0.15, 0.2) is 40.4 Å². The van der Waals surface area contributed by atoms with Crippen molar-refractivity contribution in [2.24, 2.45) is 10.1 Å². The number of hydrogen-bond donors (Lipinski definition) is 1. The minimum atomic E-state index is -0.247. The molecule has 2 heterocycles. The summed E-state index contributed by atoms with van der Waals surface area (Å²) in [6.07, 6.45) is 2.53. The van der Waals surface area contributed by atoms with Gasteiger partial charge in [-0.1, -0.05) is 0 Å². The Morgan fingerprint density at radius 3 is 2.61 bits per heavy atom. The van der Waals surface area contributed by atoms with E-state index >= 15 is 0 Å². The molecule has 0 saturated heterocycles. The van der Waals surface area contributed by atoms with Crippen molar-refractivity contribution in [1.29, 1.82) is 0 Å². The van der Waals surface area contributed by atoms with Crippen molar-refractivity contribution < 1.29 is 18.9 Å². The van der Waals surface area contributed by atoms with Gasteiger partial charge in [-0.15, -0.1) is 0 Å². The van der Waals surface area contributed by atoms with Gasteiger partial charge in [-0.3, -0.25) is 10.4 Å². The van der Waals surface area contributed by atoms with Crippen molar-refractivity contribution >= 4 is 12.1 Å². The molecule has 0 aromatic heterocycles. The Morgan fingerprint density at radius 2 is 1.82 bits per heavy atom. The van der Waals surface area contributed by atoms with Crippen LogP contribution in [0.3, 0.4) is 0 Å². The van der Waals surface area contributed by atoms with Gasteiger partial charge in [0.25, 0.3) is 0 Å². The minimum absolute atomic E-state index is 0.247. The maximum Gasteiger partial charge on any atom is 0.231 e. The molecule has 0 fully saturated rings. The van der Waals surface area contributed by atoms with Gasteiger partial charge in [0.2, 0.25) is 6.79 Å². The van der Waals surface area contributed by atoms with E-state index in [-0.39, 0.29) is 12.3 Å². The number of fused-ring (bicyclic) bond motifs is 2. The van der Waals surface area contributed by atoms with Crippen molar-refractivity contribution in [2.75, 3.05) is 21.0 Å². The van der Waals surface area contributed by atoms with E-state index in [1.165, 1.54) is 0 Å². The molecule has 2 aromatic carbocycles. The molecule has 2 aliphatic heterocycles. The summed E-state index contributed by atoms with van der Waals surface area (Å²) >= 11 is 0. The second-order valence-corrected chi connectivity index (χ2v) is 7.30. The first-order chi connectivity index (χ1) is 13.5. The number of hydrazone groups is 1. The van der Waals surface area contributed by atoms with E-state index in [0.717, 1.165) is 34.6 Å². The Hall–Kier alpha value is -3.22. The van der Waals surface area contributed by atoms with Gasteiger partial charge in [-0.2, -0.15) is 5.10 Å². The van der Waals surface area contributed by atoms with Crippen LogP contribution in [0.2, 0.25) is 0 Å². The molecule has 28 heavy (non-hydrogen) atoms. The maximum absolute atomic E-state index is 5.45. The zero-order chi connectivity index (χ0) is 19.7. The van der Waals surface area contributed by atoms with E-state index in [1.807, 2.05) is 30.3 Å². The summed E-state index contributed by atoms with van der Waals surface area (Å²) in [5.74, 6) is 3.54. The van der Waals surface area contributed by atoms with Crippen LogP contribution in [0.25, 0.3) is 0 Å². The summed E-state index contributed by atoms with van der Waals surface area (Å²) in [6.45, 7) is 4.44. The fraction of sp³-hybridized carbons (Fsp3) is 0.333. The fourth-order valence-corrected chi connectivity index (χ4v) is 3.40. The van der Waals surface area contributed by atoms with Crippen LogP contribution in [0.1, 0.15) is 30.5 Å². The van der Waals surface area contributed by atoms with Crippen LogP contribution in [-0.2, 0) is 6.42 Å². The molecule has 4 rings (SSSR count). The monoisotopic (exact) mass is 381 g/mol. The lowest BCUT2D eigenvalue weighted by molar-refractivity contribution is 0.174. The molecule has 7 nitrogen and oxygen atoms in total. The molecule has 1 N–H and O–H groups in total. The van der Waals surface area contributed by atoms with Crippen LogP contribution in [-0.4, -0.2) is 38.6 Å². The van der Waals surface area contributed by atoms with Crippen molar-refractivity contribution in [3.63, 3.8) is 0 Å². The third-order valence-electron chi connectivity index (χ3n) is 4.68. The number of ether oxygens (including phenoxy) is 4. The van der Waals surface area contributed by atoms with Crippen molar-refractivity contribution in [2.45, 2.75) is 25.8 Å². The number of nitrogens with one attached hydrogen (secondary N) is 1. The number of benzene rings is 2. The highest BCUT2D eigenvalue weighted by atomic mass is 16.7. The first kappa shape index (κ1) is 18.2. The Morgan fingerprint density at radius 1 is 1.07 bits per heavy atom. The quantitative estimate of drug-likeness (QED) is 0.651. The predicted octanol–water partition coefficient (Wildman–Crippen LogP) is 3.14. The Bertz CT molecular complexity index is 966. The van der Waals surface area contributed by atoms with Gasteiger partial charge in [0.05, 0.1) is 26.0 Å². The summed E-state index contributed by atoms with van der Waals surface area (Å²) in [7, 11) is 3.26. The molecule has 2 aromatic rings. The Balaban J connectivity index is 1.61. The number of rotatable bonds is 4. The number of hydrogen-bond acceptors (Lipinski definition) is 7. The van der Waals surface area contributed by atoms with Gasteiger partial charge in [0.15, 0.2) is 23.0 Å². The third kappa shape index (κ3) is 3.47. The second kappa shape index (κ2) is 7.07. The fourth-order valence-electron chi connectivity index (χ4n) is 3.40. The summed E-state index contributed by atoms with van der Waals surface area (Å²) in [4.78, 5) is 4.83. The maximum atomic E-state index is 5.45. The van der Waals surface area contributed by atoms with Crippen molar-refractivity contribution in [3.05, 3.63) is 47.0 Å². The lowest BCUT2D eigenvalue weighted by atomic mass is 9.88. The highest BCUT2D eigenvalue weighted by molar-refractivity contribution is 6.02. The van der Waals surface area contributed by atoms with Gasteiger partial charge < -0.3 is 18.9 Å². The van der Waals surface area contributed by atoms with E-state index in [4.69, 9.17) is 23.9 Å². The standard InChI is InChI=1S/C21H23N3O4/c1-21(2)10-14-8-17(25-3)18(26-4)9-15(14)20(23-21)24-22-11-13-5-6-16-19(7-13)28-12-27-16/h5-9,11H,10,12H2,1-4H3,(H,23,24)/b22-11-. The van der Waals surface area contributed by atoms with Crippen molar-refractivity contribution in [3.8, 4) is 23.0 Å². The van der Waals surface area contributed by atoms with Crippen LogP contribution in [0, 0.1) is 0 Å². The first-order valence-corrected chi connectivity index (χ1v) is 9.03. The zero-order valence-electron chi connectivity index (χ0n) is 16.4. The molecule has 146 valence electrons. The van der Waals surface area contributed by atoms with E-state index in [9.17, 15) is 0 Å². The lowest BCUT2D eigenvalue weighted by Gasteiger charge is -2.29. The lowest BCUT2D eigenvalue weighted by Crippen LogP contribution is -2.34. The SMILES string of the molecule is COc1cc2c(cc1OC)C(N/N=C\c1ccc3c(c1)OCO3)=NC(C)(C)C2. The summed E-state index contributed by atoms with van der Waals surface area (Å²) in [6, 6.07) is 9.63.